The highest BCUT2D eigenvalue weighted by Crippen LogP contribution is 2.41. The van der Waals surface area contributed by atoms with Crippen molar-refractivity contribution in [1.29, 1.82) is 0 Å². The van der Waals surface area contributed by atoms with Gasteiger partial charge in [0.25, 0.3) is 0 Å². The van der Waals surface area contributed by atoms with E-state index in [0.717, 1.165) is 5.57 Å². The maximum atomic E-state index is 5.39. The Hall–Kier alpha value is -0.300. The van der Waals surface area contributed by atoms with Crippen LogP contribution in [0.25, 0.3) is 0 Å². The van der Waals surface area contributed by atoms with Crippen molar-refractivity contribution in [2.45, 2.75) is 31.5 Å². The molecular weight excluding hydrogens is 124 g/mol. The van der Waals surface area contributed by atoms with E-state index < -0.39 is 0 Å². The summed E-state index contributed by atoms with van der Waals surface area (Å²) in [4.78, 5) is 0. The van der Waals surface area contributed by atoms with Crippen LogP contribution in [0.15, 0.2) is 12.2 Å². The molecule has 3 atom stereocenters. The summed E-state index contributed by atoms with van der Waals surface area (Å²) in [6, 6.07) is 0. The fourth-order valence-electron chi connectivity index (χ4n) is 1.77. The molecule has 0 aromatic rings. The first kappa shape index (κ1) is 6.41. The van der Waals surface area contributed by atoms with E-state index >= 15 is 0 Å². The standard InChI is InChI=1S/C9H13O/c1-6(2)7-3-4-8-9(5-7)10-8/h7-9H,1-5H2. The van der Waals surface area contributed by atoms with E-state index in [4.69, 9.17) is 4.74 Å². The van der Waals surface area contributed by atoms with E-state index in [9.17, 15) is 0 Å². The van der Waals surface area contributed by atoms with E-state index in [1.54, 1.807) is 0 Å². The van der Waals surface area contributed by atoms with Gasteiger partial charge in [-0.15, -0.1) is 0 Å². The molecule has 55 valence electrons. The van der Waals surface area contributed by atoms with E-state index in [-0.39, 0.29) is 0 Å². The largest absolute Gasteiger partial charge is 0.370 e. The lowest BCUT2D eigenvalue weighted by Gasteiger charge is -2.18. The maximum Gasteiger partial charge on any atom is 0.0847 e. The normalized spacial score (nSPS) is 44.3. The molecule has 10 heavy (non-hydrogen) atoms. The Balaban J connectivity index is 1.94. The first-order chi connectivity index (χ1) is 4.77. The minimum absolute atomic E-state index is 0.567. The molecule has 1 heterocycles. The van der Waals surface area contributed by atoms with E-state index in [1.807, 2.05) is 0 Å². The van der Waals surface area contributed by atoms with Gasteiger partial charge >= 0.3 is 0 Å². The van der Waals surface area contributed by atoms with Crippen LogP contribution in [0.3, 0.4) is 0 Å². The van der Waals surface area contributed by atoms with Gasteiger partial charge in [-0.05, 0) is 32.1 Å². The summed E-state index contributed by atoms with van der Waals surface area (Å²) in [5.74, 6) is 0.642. The summed E-state index contributed by atoms with van der Waals surface area (Å²) in [5, 5.41) is 0. The van der Waals surface area contributed by atoms with Crippen molar-refractivity contribution < 1.29 is 4.74 Å². The van der Waals surface area contributed by atoms with Gasteiger partial charge in [0.05, 0.1) is 12.2 Å². The van der Waals surface area contributed by atoms with E-state index in [0.29, 0.717) is 18.1 Å². The van der Waals surface area contributed by atoms with Crippen molar-refractivity contribution in [3.63, 3.8) is 0 Å². The van der Waals surface area contributed by atoms with E-state index in [2.05, 4.69) is 13.5 Å². The highest BCUT2D eigenvalue weighted by molar-refractivity contribution is 5.09. The Labute approximate surface area is 62.1 Å². The van der Waals surface area contributed by atoms with Gasteiger partial charge in [-0.25, -0.2) is 0 Å². The molecular formula is C9H13O. The minimum Gasteiger partial charge on any atom is -0.370 e. The summed E-state index contributed by atoms with van der Waals surface area (Å²) in [6.07, 6.45) is 4.81. The highest BCUT2D eigenvalue weighted by atomic mass is 16.6. The predicted molar refractivity (Wildman–Crippen MR) is 40.5 cm³/mol. The molecule has 0 bridgehead atoms. The number of hydrogen-bond acceptors (Lipinski definition) is 1. The second-order valence-corrected chi connectivity index (χ2v) is 3.38. The Bertz CT molecular complexity index is 162. The number of allylic oxidation sites excluding steroid dienone is 1. The first-order valence-electron chi connectivity index (χ1n) is 3.93. The van der Waals surface area contributed by atoms with Crippen molar-refractivity contribution >= 4 is 0 Å². The van der Waals surface area contributed by atoms with Crippen molar-refractivity contribution in [1.82, 2.24) is 0 Å². The number of fused-ring (bicyclic) bond motifs is 1. The van der Waals surface area contributed by atoms with Gasteiger partial charge in [-0.1, -0.05) is 12.2 Å². The SMILES string of the molecule is [CH2]C(=C)C1CCC2OC2C1. The van der Waals surface area contributed by atoms with Crippen molar-refractivity contribution in [2.24, 2.45) is 5.92 Å². The lowest BCUT2D eigenvalue weighted by molar-refractivity contribution is 0.369. The summed E-state index contributed by atoms with van der Waals surface area (Å²) in [6.45, 7) is 7.73. The van der Waals surface area contributed by atoms with Gasteiger partial charge in [0.1, 0.15) is 0 Å². The molecule has 1 radical (unpaired) electrons. The van der Waals surface area contributed by atoms with Crippen LogP contribution in [0.5, 0.6) is 0 Å². The van der Waals surface area contributed by atoms with Crippen LogP contribution < -0.4 is 0 Å². The molecule has 0 N–H and O–H groups in total. The zero-order valence-corrected chi connectivity index (χ0v) is 6.18. The first-order valence-corrected chi connectivity index (χ1v) is 3.93. The molecule has 2 aliphatic rings. The fraction of sp³-hybridized carbons (Fsp3) is 0.667. The molecule has 0 aromatic carbocycles. The zero-order valence-electron chi connectivity index (χ0n) is 6.18. The number of rotatable bonds is 1. The minimum atomic E-state index is 0.567. The topological polar surface area (TPSA) is 12.5 Å². The Morgan fingerprint density at radius 2 is 2.10 bits per heavy atom. The quantitative estimate of drug-likeness (QED) is 0.503. The molecule has 1 aliphatic heterocycles. The molecule has 1 nitrogen and oxygen atoms in total. The molecule has 0 amide bonds. The number of hydrogen-bond donors (Lipinski definition) is 0. The second-order valence-electron chi connectivity index (χ2n) is 3.38. The van der Waals surface area contributed by atoms with Crippen LogP contribution in [0.1, 0.15) is 19.3 Å². The predicted octanol–water partition coefficient (Wildman–Crippen LogP) is 1.94. The number of epoxide rings is 1. The highest BCUT2D eigenvalue weighted by Gasteiger charge is 2.43. The van der Waals surface area contributed by atoms with Gasteiger partial charge in [0.15, 0.2) is 0 Å². The third kappa shape index (κ3) is 0.988. The maximum absolute atomic E-state index is 5.39. The van der Waals surface area contributed by atoms with Crippen LogP contribution in [0.2, 0.25) is 0 Å². The fourth-order valence-corrected chi connectivity index (χ4v) is 1.77. The smallest absolute Gasteiger partial charge is 0.0847 e. The Morgan fingerprint density at radius 3 is 2.70 bits per heavy atom. The van der Waals surface area contributed by atoms with Gasteiger partial charge in [-0.3, -0.25) is 0 Å². The lowest BCUT2D eigenvalue weighted by Crippen LogP contribution is -2.13. The van der Waals surface area contributed by atoms with Crippen LogP contribution in [0.4, 0.5) is 0 Å². The molecule has 1 aliphatic carbocycles. The Kier molecular flexibility index (Phi) is 1.34. The van der Waals surface area contributed by atoms with Gasteiger partial charge in [0.2, 0.25) is 0 Å². The van der Waals surface area contributed by atoms with Crippen molar-refractivity contribution in [3.05, 3.63) is 19.1 Å². The third-order valence-corrected chi connectivity index (χ3v) is 2.58. The average Bonchev–Trinajstić information content (AvgIpc) is 2.63. The second kappa shape index (κ2) is 2.09. The van der Waals surface area contributed by atoms with Crippen LogP contribution in [0, 0.1) is 12.8 Å². The van der Waals surface area contributed by atoms with Crippen molar-refractivity contribution in [2.75, 3.05) is 0 Å². The monoisotopic (exact) mass is 137 g/mol. The molecule has 1 saturated carbocycles. The van der Waals surface area contributed by atoms with Gasteiger partial charge in [-0.2, -0.15) is 0 Å². The average molecular weight is 137 g/mol. The van der Waals surface area contributed by atoms with Gasteiger partial charge in [0, 0.05) is 0 Å². The van der Waals surface area contributed by atoms with Crippen LogP contribution in [-0.4, -0.2) is 12.2 Å². The molecule has 0 aromatic heterocycles. The van der Waals surface area contributed by atoms with Crippen molar-refractivity contribution in [3.8, 4) is 0 Å². The van der Waals surface area contributed by atoms with Crippen LogP contribution in [-0.2, 0) is 4.74 Å². The molecule has 3 unspecified atom stereocenters. The third-order valence-electron chi connectivity index (χ3n) is 2.58. The van der Waals surface area contributed by atoms with E-state index in [1.165, 1.54) is 19.3 Å². The van der Waals surface area contributed by atoms with Gasteiger partial charge < -0.3 is 4.74 Å². The van der Waals surface area contributed by atoms with Crippen LogP contribution >= 0.6 is 0 Å². The summed E-state index contributed by atoms with van der Waals surface area (Å²) in [5.41, 5.74) is 1.09. The zero-order chi connectivity index (χ0) is 7.14. The Morgan fingerprint density at radius 1 is 1.30 bits per heavy atom. The number of ether oxygens (including phenoxy) is 1. The molecule has 2 rings (SSSR count). The molecule has 0 spiro atoms. The lowest BCUT2D eigenvalue weighted by atomic mass is 9.85. The molecule has 2 fully saturated rings. The molecule has 1 saturated heterocycles. The molecule has 1 heteroatoms. The summed E-state index contributed by atoms with van der Waals surface area (Å²) < 4.78 is 5.39. The summed E-state index contributed by atoms with van der Waals surface area (Å²) in [7, 11) is 0. The summed E-state index contributed by atoms with van der Waals surface area (Å²) >= 11 is 0.